The lowest BCUT2D eigenvalue weighted by Crippen LogP contribution is -2.51. The first-order chi connectivity index (χ1) is 11.9. The molecule has 1 saturated heterocycles. The van der Waals surface area contributed by atoms with Gasteiger partial charge in [0.25, 0.3) is 0 Å². The minimum Gasteiger partial charge on any atom is -0.344 e. The van der Waals surface area contributed by atoms with Gasteiger partial charge in [-0.2, -0.15) is 0 Å². The number of nitrogens with one attached hydrogen (secondary N) is 1. The van der Waals surface area contributed by atoms with Crippen molar-refractivity contribution in [3.05, 3.63) is 60.3 Å². The van der Waals surface area contributed by atoms with E-state index in [0.717, 1.165) is 41.9 Å². The Hall–Kier alpha value is -2.31. The fourth-order valence-electron chi connectivity index (χ4n) is 2.97. The molecule has 0 radical (unpaired) electrons. The van der Waals surface area contributed by atoms with Gasteiger partial charge in [-0.3, -0.25) is 4.98 Å². The second-order valence-corrected chi connectivity index (χ2v) is 6.85. The summed E-state index contributed by atoms with van der Waals surface area (Å²) in [4.78, 5) is 6.68. The van der Waals surface area contributed by atoms with Crippen molar-refractivity contribution >= 4 is 16.5 Å². The van der Waals surface area contributed by atoms with Crippen molar-refractivity contribution in [1.82, 2.24) is 20.5 Å². The van der Waals surface area contributed by atoms with Crippen molar-refractivity contribution in [3.63, 3.8) is 0 Å². The normalized spacial score (nSPS) is 17.8. The third-order valence-electron chi connectivity index (χ3n) is 4.15. The van der Waals surface area contributed by atoms with Crippen LogP contribution in [0.25, 0.3) is 10.7 Å². The fourth-order valence-corrected chi connectivity index (χ4v) is 3.83. The molecule has 2 aromatic heterocycles. The molecule has 0 saturated carbocycles. The van der Waals surface area contributed by atoms with Gasteiger partial charge in [0.2, 0.25) is 5.13 Å². The Kier molecular flexibility index (Phi) is 4.49. The van der Waals surface area contributed by atoms with E-state index < -0.39 is 0 Å². The number of rotatable bonds is 4. The minimum atomic E-state index is 0.434. The second kappa shape index (κ2) is 7.07. The van der Waals surface area contributed by atoms with E-state index in [4.69, 9.17) is 0 Å². The van der Waals surface area contributed by atoms with Crippen molar-refractivity contribution in [2.45, 2.75) is 12.5 Å². The van der Waals surface area contributed by atoms with Crippen LogP contribution in [-0.4, -0.2) is 40.9 Å². The summed E-state index contributed by atoms with van der Waals surface area (Å²) >= 11 is 1.61. The zero-order valence-electron chi connectivity index (χ0n) is 13.3. The second-order valence-electron chi connectivity index (χ2n) is 5.89. The Labute approximate surface area is 145 Å². The number of hydrogen-bond acceptors (Lipinski definition) is 6. The molecule has 1 atom stereocenters. The molecule has 1 fully saturated rings. The molecule has 4 rings (SSSR count). The predicted octanol–water partition coefficient (Wildman–Crippen LogP) is 2.62. The molecule has 0 bridgehead atoms. The van der Waals surface area contributed by atoms with Crippen LogP contribution in [0.5, 0.6) is 0 Å². The first-order valence-corrected chi connectivity index (χ1v) is 8.97. The molecule has 3 heterocycles. The van der Waals surface area contributed by atoms with E-state index in [1.54, 1.807) is 17.5 Å². The fraction of sp³-hybridized carbons (Fsp3) is 0.278. The zero-order chi connectivity index (χ0) is 16.2. The first kappa shape index (κ1) is 15.2. The van der Waals surface area contributed by atoms with E-state index in [9.17, 15) is 0 Å². The van der Waals surface area contributed by atoms with E-state index in [1.165, 1.54) is 5.56 Å². The van der Waals surface area contributed by atoms with Crippen molar-refractivity contribution in [3.8, 4) is 10.7 Å². The van der Waals surface area contributed by atoms with Crippen LogP contribution in [0.2, 0.25) is 0 Å². The average Bonchev–Trinajstić information content (AvgIpc) is 3.14. The van der Waals surface area contributed by atoms with Crippen LogP contribution in [0.15, 0.2) is 54.7 Å². The number of aromatic nitrogens is 3. The lowest BCUT2D eigenvalue weighted by Gasteiger charge is -2.33. The van der Waals surface area contributed by atoms with Gasteiger partial charge in [0.05, 0.1) is 0 Å². The van der Waals surface area contributed by atoms with Crippen molar-refractivity contribution in [2.24, 2.45) is 0 Å². The molecule has 24 heavy (non-hydrogen) atoms. The molecular weight excluding hydrogens is 318 g/mol. The number of hydrogen-bond donors (Lipinski definition) is 1. The van der Waals surface area contributed by atoms with E-state index in [0.29, 0.717) is 6.04 Å². The van der Waals surface area contributed by atoms with E-state index >= 15 is 0 Å². The molecule has 122 valence electrons. The molecular formula is C18H19N5S. The number of anilines is 1. The standard InChI is InChI=1S/C18H19N5S/c1-2-6-14(7-3-1)12-15-13-23(11-10-19-15)18-22-21-17(24-18)16-8-4-5-9-20-16/h1-9,15,19H,10-13H2. The summed E-state index contributed by atoms with van der Waals surface area (Å²) in [5.41, 5.74) is 2.25. The van der Waals surface area contributed by atoms with Crippen LogP contribution < -0.4 is 10.2 Å². The van der Waals surface area contributed by atoms with Gasteiger partial charge < -0.3 is 10.2 Å². The number of nitrogens with zero attached hydrogens (tertiary/aromatic N) is 4. The largest absolute Gasteiger partial charge is 0.344 e. The number of benzene rings is 1. The first-order valence-electron chi connectivity index (χ1n) is 8.15. The summed E-state index contributed by atoms with van der Waals surface area (Å²) in [5.74, 6) is 0. The quantitative estimate of drug-likeness (QED) is 0.793. The van der Waals surface area contributed by atoms with Crippen LogP contribution in [0.3, 0.4) is 0 Å². The lowest BCUT2D eigenvalue weighted by atomic mass is 10.0. The van der Waals surface area contributed by atoms with Crippen LogP contribution in [0.1, 0.15) is 5.56 Å². The molecule has 3 aromatic rings. The molecule has 0 amide bonds. The van der Waals surface area contributed by atoms with Crippen molar-refractivity contribution in [2.75, 3.05) is 24.5 Å². The molecule has 1 N–H and O–H groups in total. The highest BCUT2D eigenvalue weighted by atomic mass is 32.1. The van der Waals surface area contributed by atoms with Crippen molar-refractivity contribution in [1.29, 1.82) is 0 Å². The SMILES string of the molecule is c1ccc(CC2CN(c3nnc(-c4ccccn4)s3)CCN2)cc1. The molecule has 5 nitrogen and oxygen atoms in total. The highest BCUT2D eigenvalue weighted by Crippen LogP contribution is 2.28. The summed E-state index contributed by atoms with van der Waals surface area (Å²) in [6.07, 6.45) is 2.82. The molecule has 1 aromatic carbocycles. The van der Waals surface area contributed by atoms with Crippen LogP contribution in [-0.2, 0) is 6.42 Å². The van der Waals surface area contributed by atoms with Crippen LogP contribution >= 0.6 is 11.3 Å². The summed E-state index contributed by atoms with van der Waals surface area (Å²) < 4.78 is 0. The highest BCUT2D eigenvalue weighted by molar-refractivity contribution is 7.18. The van der Waals surface area contributed by atoms with Gasteiger partial charge >= 0.3 is 0 Å². The Morgan fingerprint density at radius 3 is 2.79 bits per heavy atom. The third-order valence-corrected chi connectivity index (χ3v) is 5.16. The van der Waals surface area contributed by atoms with Gasteiger partial charge in [-0.15, -0.1) is 10.2 Å². The zero-order valence-corrected chi connectivity index (χ0v) is 14.1. The van der Waals surface area contributed by atoms with E-state index in [1.807, 2.05) is 18.2 Å². The van der Waals surface area contributed by atoms with E-state index in [2.05, 4.69) is 55.7 Å². The Bertz CT molecular complexity index is 774. The van der Waals surface area contributed by atoms with Crippen molar-refractivity contribution < 1.29 is 0 Å². The maximum Gasteiger partial charge on any atom is 0.208 e. The van der Waals surface area contributed by atoms with Gasteiger partial charge in [-0.1, -0.05) is 47.7 Å². The molecule has 6 heteroatoms. The molecule has 0 aliphatic carbocycles. The van der Waals surface area contributed by atoms with Gasteiger partial charge in [-0.25, -0.2) is 0 Å². The van der Waals surface area contributed by atoms with Crippen LogP contribution in [0.4, 0.5) is 5.13 Å². The summed E-state index contributed by atoms with van der Waals surface area (Å²) in [7, 11) is 0. The van der Waals surface area contributed by atoms with Gasteiger partial charge in [0.15, 0.2) is 5.01 Å². The molecule has 1 aliphatic heterocycles. The number of piperazine rings is 1. The summed E-state index contributed by atoms with van der Waals surface area (Å²) in [6.45, 7) is 2.88. The highest BCUT2D eigenvalue weighted by Gasteiger charge is 2.22. The predicted molar refractivity (Wildman–Crippen MR) is 97.3 cm³/mol. The molecule has 0 spiro atoms. The Morgan fingerprint density at radius 1 is 1.08 bits per heavy atom. The topological polar surface area (TPSA) is 53.9 Å². The summed E-state index contributed by atoms with van der Waals surface area (Å²) in [6, 6.07) is 16.9. The molecule has 1 aliphatic rings. The summed E-state index contributed by atoms with van der Waals surface area (Å²) in [5, 5.41) is 14.2. The van der Waals surface area contributed by atoms with Gasteiger partial charge in [0, 0.05) is 31.9 Å². The maximum absolute atomic E-state index is 4.38. The van der Waals surface area contributed by atoms with Crippen LogP contribution in [0, 0.1) is 0 Å². The monoisotopic (exact) mass is 337 g/mol. The van der Waals surface area contributed by atoms with E-state index in [-0.39, 0.29) is 0 Å². The average molecular weight is 337 g/mol. The van der Waals surface area contributed by atoms with Gasteiger partial charge in [-0.05, 0) is 24.1 Å². The smallest absolute Gasteiger partial charge is 0.208 e. The Morgan fingerprint density at radius 2 is 1.96 bits per heavy atom. The molecule has 1 unspecified atom stereocenters. The maximum atomic E-state index is 4.38. The Balaban J connectivity index is 1.45. The lowest BCUT2D eigenvalue weighted by molar-refractivity contribution is 0.454. The third kappa shape index (κ3) is 3.44. The van der Waals surface area contributed by atoms with Gasteiger partial charge in [0.1, 0.15) is 5.69 Å². The minimum absolute atomic E-state index is 0.434. The number of pyridine rings is 1.